The minimum Gasteiger partial charge on any atom is -0.339 e. The summed E-state index contributed by atoms with van der Waals surface area (Å²) >= 11 is 0. The highest BCUT2D eigenvalue weighted by Gasteiger charge is 2.35. The Morgan fingerprint density at radius 3 is 2.06 bits per heavy atom. The average molecular weight is 467 g/mol. The van der Waals surface area contributed by atoms with Gasteiger partial charge in [0, 0.05) is 30.1 Å². The van der Waals surface area contributed by atoms with Crippen LogP contribution in [0.5, 0.6) is 0 Å². The predicted molar refractivity (Wildman–Crippen MR) is 131 cm³/mol. The molecule has 2 aliphatic rings. The molecular weight excluding hydrogens is 440 g/mol. The van der Waals surface area contributed by atoms with Crippen LogP contribution < -0.4 is 0 Å². The van der Waals surface area contributed by atoms with Gasteiger partial charge in [-0.15, -0.1) is 0 Å². The molecule has 0 spiro atoms. The van der Waals surface area contributed by atoms with E-state index in [4.69, 9.17) is 0 Å². The maximum Gasteiger partial charge on any atom is 0.261 e. The van der Waals surface area contributed by atoms with Gasteiger partial charge in [-0.2, -0.15) is 0 Å². The summed E-state index contributed by atoms with van der Waals surface area (Å²) in [5, 5.41) is 0. The first-order chi connectivity index (χ1) is 16.9. The van der Waals surface area contributed by atoms with Gasteiger partial charge in [-0.25, -0.2) is 0 Å². The number of rotatable bonds is 5. The Bertz CT molecular complexity index is 1290. The molecule has 0 atom stereocenters. The van der Waals surface area contributed by atoms with E-state index in [1.165, 1.54) is 4.90 Å². The summed E-state index contributed by atoms with van der Waals surface area (Å²) in [5.41, 5.74) is 3.89. The largest absolute Gasteiger partial charge is 0.339 e. The predicted octanol–water partition coefficient (Wildman–Crippen LogP) is 4.53. The first kappa shape index (κ1) is 22.7. The molecule has 0 N–H and O–H groups in total. The number of Topliss-reactive ketones (excluding diaryl/α,β-unsaturated/α-hetero) is 1. The van der Waals surface area contributed by atoms with Crippen molar-refractivity contribution >= 4 is 23.5 Å². The van der Waals surface area contributed by atoms with Crippen LogP contribution in [-0.2, 0) is 6.54 Å². The van der Waals surface area contributed by atoms with Crippen LogP contribution in [0.25, 0.3) is 0 Å². The zero-order chi connectivity index (χ0) is 24.5. The standard InChI is InChI=1S/C29H26N2O4/c1-19-9-11-21(12-10-19)26(32)22-13-15-30(16-14-22)27(33)23-6-4-5-20(17-23)18-31-28(34)24-7-2-3-8-25(24)29(31)35/h2-12,17,22H,13-16,18H2,1H3. The van der Waals surface area contributed by atoms with Crippen LogP contribution in [0.15, 0.2) is 72.8 Å². The molecule has 6 nitrogen and oxygen atoms in total. The molecule has 176 valence electrons. The van der Waals surface area contributed by atoms with E-state index in [9.17, 15) is 19.2 Å². The van der Waals surface area contributed by atoms with Crippen LogP contribution in [0.2, 0.25) is 0 Å². The van der Waals surface area contributed by atoms with Gasteiger partial charge in [-0.3, -0.25) is 24.1 Å². The van der Waals surface area contributed by atoms with E-state index in [0.717, 1.165) is 16.7 Å². The topological polar surface area (TPSA) is 74.8 Å². The van der Waals surface area contributed by atoms with Crippen LogP contribution in [0, 0.1) is 12.8 Å². The molecule has 1 fully saturated rings. The summed E-state index contributed by atoms with van der Waals surface area (Å²) in [5.74, 6) is -0.678. The molecule has 2 aliphatic heterocycles. The van der Waals surface area contributed by atoms with Crippen molar-refractivity contribution in [2.45, 2.75) is 26.3 Å². The molecule has 0 aliphatic carbocycles. The number of carbonyl (C=O) groups excluding carboxylic acids is 4. The lowest BCUT2D eigenvalue weighted by atomic mass is 9.88. The van der Waals surface area contributed by atoms with Gasteiger partial charge in [0.25, 0.3) is 17.7 Å². The molecule has 0 bridgehead atoms. The second-order valence-corrected chi connectivity index (χ2v) is 9.24. The zero-order valence-corrected chi connectivity index (χ0v) is 19.6. The molecule has 3 amide bonds. The van der Waals surface area contributed by atoms with Gasteiger partial charge < -0.3 is 4.90 Å². The Kier molecular flexibility index (Phi) is 6.03. The number of amides is 3. The molecule has 0 unspecified atom stereocenters. The Balaban J connectivity index is 1.23. The summed E-state index contributed by atoms with van der Waals surface area (Å²) in [6.45, 7) is 3.14. The van der Waals surface area contributed by atoms with Gasteiger partial charge in [0.15, 0.2) is 5.78 Å². The van der Waals surface area contributed by atoms with E-state index in [0.29, 0.717) is 42.6 Å². The maximum absolute atomic E-state index is 13.2. The Hall–Kier alpha value is -4.06. The molecule has 1 saturated heterocycles. The fourth-order valence-electron chi connectivity index (χ4n) is 4.85. The smallest absolute Gasteiger partial charge is 0.261 e. The fourth-order valence-corrected chi connectivity index (χ4v) is 4.85. The number of benzene rings is 3. The van der Waals surface area contributed by atoms with Crippen molar-refractivity contribution in [2.24, 2.45) is 5.92 Å². The monoisotopic (exact) mass is 466 g/mol. The summed E-state index contributed by atoms with van der Waals surface area (Å²) in [6.07, 6.45) is 1.26. The van der Waals surface area contributed by atoms with Crippen molar-refractivity contribution in [3.63, 3.8) is 0 Å². The van der Waals surface area contributed by atoms with Crippen molar-refractivity contribution in [3.05, 3.63) is 106 Å². The summed E-state index contributed by atoms with van der Waals surface area (Å²) in [7, 11) is 0. The lowest BCUT2D eigenvalue weighted by Gasteiger charge is -2.31. The molecule has 3 aromatic carbocycles. The molecule has 3 aromatic rings. The van der Waals surface area contributed by atoms with E-state index >= 15 is 0 Å². The molecule has 0 radical (unpaired) electrons. The number of fused-ring (bicyclic) bond motifs is 1. The molecule has 35 heavy (non-hydrogen) atoms. The third-order valence-electron chi connectivity index (χ3n) is 6.88. The fraction of sp³-hybridized carbons (Fsp3) is 0.241. The van der Waals surface area contributed by atoms with Crippen LogP contribution in [-0.4, -0.2) is 46.4 Å². The lowest BCUT2D eigenvalue weighted by molar-refractivity contribution is 0.0642. The van der Waals surface area contributed by atoms with Crippen LogP contribution >= 0.6 is 0 Å². The van der Waals surface area contributed by atoms with Gasteiger partial charge in [-0.1, -0.05) is 54.1 Å². The van der Waals surface area contributed by atoms with E-state index < -0.39 is 0 Å². The summed E-state index contributed by atoms with van der Waals surface area (Å²) < 4.78 is 0. The van der Waals surface area contributed by atoms with Crippen molar-refractivity contribution < 1.29 is 19.2 Å². The zero-order valence-electron chi connectivity index (χ0n) is 19.6. The van der Waals surface area contributed by atoms with Crippen molar-refractivity contribution in [2.75, 3.05) is 13.1 Å². The van der Waals surface area contributed by atoms with Gasteiger partial charge in [-0.05, 0) is 49.6 Å². The van der Waals surface area contributed by atoms with Crippen LogP contribution in [0.1, 0.15) is 65.4 Å². The third kappa shape index (κ3) is 4.39. The molecule has 5 rings (SSSR count). The van der Waals surface area contributed by atoms with E-state index in [2.05, 4.69) is 0 Å². The second kappa shape index (κ2) is 9.29. The number of aryl methyl sites for hydroxylation is 1. The van der Waals surface area contributed by atoms with E-state index in [1.807, 2.05) is 37.3 Å². The third-order valence-corrected chi connectivity index (χ3v) is 6.88. The number of ketones is 1. The Morgan fingerprint density at radius 1 is 0.800 bits per heavy atom. The molecular formula is C29H26N2O4. The highest BCUT2D eigenvalue weighted by molar-refractivity contribution is 6.21. The van der Waals surface area contributed by atoms with Crippen molar-refractivity contribution in [1.82, 2.24) is 9.80 Å². The molecule has 6 heteroatoms. The SMILES string of the molecule is Cc1ccc(C(=O)C2CCN(C(=O)c3cccc(CN4C(=O)c5ccccc5C4=O)c3)CC2)cc1. The lowest BCUT2D eigenvalue weighted by Crippen LogP contribution is -2.40. The Morgan fingerprint density at radius 2 is 1.43 bits per heavy atom. The average Bonchev–Trinajstić information content (AvgIpc) is 3.13. The Labute approximate surface area is 204 Å². The number of piperidine rings is 1. The number of hydrogen-bond donors (Lipinski definition) is 0. The van der Waals surface area contributed by atoms with Gasteiger partial charge in [0.1, 0.15) is 0 Å². The summed E-state index contributed by atoms with van der Waals surface area (Å²) in [6, 6.07) is 21.5. The van der Waals surface area contributed by atoms with E-state index in [1.54, 1.807) is 47.4 Å². The maximum atomic E-state index is 13.2. The summed E-state index contributed by atoms with van der Waals surface area (Å²) in [4.78, 5) is 54.4. The van der Waals surface area contributed by atoms with Crippen molar-refractivity contribution in [1.29, 1.82) is 0 Å². The molecule has 0 saturated carbocycles. The number of nitrogens with zero attached hydrogens (tertiary/aromatic N) is 2. The van der Waals surface area contributed by atoms with Crippen LogP contribution in [0.3, 0.4) is 0 Å². The molecule has 2 heterocycles. The van der Waals surface area contributed by atoms with E-state index in [-0.39, 0.29) is 36.0 Å². The highest BCUT2D eigenvalue weighted by atomic mass is 16.2. The minimum atomic E-state index is -0.317. The van der Waals surface area contributed by atoms with Crippen molar-refractivity contribution in [3.8, 4) is 0 Å². The highest BCUT2D eigenvalue weighted by Crippen LogP contribution is 2.26. The molecule has 0 aromatic heterocycles. The normalized spacial score (nSPS) is 15.9. The minimum absolute atomic E-state index is 0.0816. The van der Waals surface area contributed by atoms with Gasteiger partial charge in [0.2, 0.25) is 0 Å². The first-order valence-corrected chi connectivity index (χ1v) is 11.9. The van der Waals surface area contributed by atoms with Crippen LogP contribution in [0.4, 0.5) is 0 Å². The number of carbonyl (C=O) groups is 4. The number of hydrogen-bond acceptors (Lipinski definition) is 4. The second-order valence-electron chi connectivity index (χ2n) is 9.24. The quantitative estimate of drug-likeness (QED) is 0.409. The number of imide groups is 1. The first-order valence-electron chi connectivity index (χ1n) is 11.9. The van der Waals surface area contributed by atoms with Gasteiger partial charge >= 0.3 is 0 Å². The number of likely N-dealkylation sites (tertiary alicyclic amines) is 1. The van der Waals surface area contributed by atoms with Gasteiger partial charge in [0.05, 0.1) is 17.7 Å².